The van der Waals surface area contributed by atoms with E-state index in [1.54, 1.807) is 16.1 Å². The highest BCUT2D eigenvalue weighted by molar-refractivity contribution is 5.99. The third kappa shape index (κ3) is 6.38. The highest BCUT2D eigenvalue weighted by Gasteiger charge is 2.31. The number of likely N-dealkylation sites (tertiary alicyclic amines) is 1. The fourth-order valence-corrected chi connectivity index (χ4v) is 5.07. The Morgan fingerprint density at radius 3 is 2.30 bits per heavy atom. The van der Waals surface area contributed by atoms with Gasteiger partial charge >= 0.3 is 6.03 Å². The van der Waals surface area contributed by atoms with E-state index < -0.39 is 0 Å². The van der Waals surface area contributed by atoms with Crippen LogP contribution in [-0.2, 0) is 17.8 Å². The number of amides is 3. The molecule has 4 aromatic rings. The Labute approximate surface area is 234 Å². The Morgan fingerprint density at radius 1 is 0.975 bits per heavy atom. The Balaban J connectivity index is 1.18. The first-order valence-electron chi connectivity index (χ1n) is 13.6. The van der Waals surface area contributed by atoms with Gasteiger partial charge in [0.15, 0.2) is 0 Å². The SMILES string of the molecule is N#Cc1ccc(Cn2cncc2CCNC(=O)C2CCCN(C(=O)N(c3ccccc3)c3ccccc3)C2)cc1. The van der Waals surface area contributed by atoms with Crippen molar-refractivity contribution in [1.29, 1.82) is 5.26 Å². The minimum Gasteiger partial charge on any atom is -0.355 e. The first-order valence-corrected chi connectivity index (χ1v) is 13.6. The van der Waals surface area contributed by atoms with Crippen molar-refractivity contribution in [3.8, 4) is 6.07 Å². The van der Waals surface area contributed by atoms with Crippen LogP contribution in [0.15, 0.2) is 97.5 Å². The number of carbonyl (C=O) groups excluding carboxylic acids is 2. The van der Waals surface area contributed by atoms with E-state index in [2.05, 4.69) is 20.9 Å². The second kappa shape index (κ2) is 12.8. The van der Waals surface area contributed by atoms with Gasteiger partial charge in [-0.3, -0.25) is 9.69 Å². The Kier molecular flexibility index (Phi) is 8.52. The summed E-state index contributed by atoms with van der Waals surface area (Å²) in [5.74, 6) is -0.281. The average molecular weight is 533 g/mol. The zero-order valence-corrected chi connectivity index (χ0v) is 22.3. The lowest BCUT2D eigenvalue weighted by Gasteiger charge is -2.36. The number of aromatic nitrogens is 2. The highest BCUT2D eigenvalue weighted by Crippen LogP contribution is 2.28. The zero-order valence-electron chi connectivity index (χ0n) is 22.3. The van der Waals surface area contributed by atoms with Crippen LogP contribution in [0.1, 0.15) is 29.7 Å². The number of anilines is 2. The van der Waals surface area contributed by atoms with Crippen molar-refractivity contribution >= 4 is 23.3 Å². The molecule has 202 valence electrons. The first kappa shape index (κ1) is 26.7. The van der Waals surface area contributed by atoms with Gasteiger partial charge in [-0.25, -0.2) is 9.78 Å². The molecule has 3 aromatic carbocycles. The third-order valence-electron chi connectivity index (χ3n) is 7.20. The number of imidazole rings is 1. The molecule has 1 aliphatic heterocycles. The molecule has 8 nitrogen and oxygen atoms in total. The molecule has 1 aromatic heterocycles. The summed E-state index contributed by atoms with van der Waals surface area (Å²) < 4.78 is 2.05. The second-order valence-electron chi connectivity index (χ2n) is 9.94. The fraction of sp³-hybridized carbons (Fsp3) is 0.250. The number of nitriles is 1. The molecule has 1 aliphatic rings. The number of rotatable bonds is 8. The maximum Gasteiger partial charge on any atom is 0.329 e. The van der Waals surface area contributed by atoms with Gasteiger partial charge in [0.1, 0.15) is 0 Å². The molecule has 5 rings (SSSR count). The lowest BCUT2D eigenvalue weighted by molar-refractivity contribution is -0.126. The summed E-state index contributed by atoms with van der Waals surface area (Å²) in [5, 5.41) is 12.1. The standard InChI is InChI=1S/C32H32N6O2/c33-20-25-13-15-26(16-14-25)22-37-24-34-21-30(37)17-18-35-31(39)27-8-7-19-36(23-27)32(40)38(28-9-3-1-4-10-28)29-11-5-2-6-12-29/h1-6,9-16,21,24,27H,7-8,17-19,22-23H2,(H,35,39). The normalized spacial score (nSPS) is 14.8. The minimum atomic E-state index is -0.255. The van der Waals surface area contributed by atoms with Crippen LogP contribution in [-0.4, -0.2) is 46.0 Å². The van der Waals surface area contributed by atoms with E-state index in [1.807, 2.05) is 91.1 Å². The number of hydrogen-bond donors (Lipinski definition) is 1. The number of nitrogens with zero attached hydrogens (tertiary/aromatic N) is 5. The number of nitrogens with one attached hydrogen (secondary N) is 1. The molecule has 0 aliphatic carbocycles. The number of carbonyl (C=O) groups is 2. The van der Waals surface area contributed by atoms with Crippen molar-refractivity contribution in [2.24, 2.45) is 5.92 Å². The van der Waals surface area contributed by atoms with E-state index >= 15 is 0 Å². The molecule has 1 N–H and O–H groups in total. The molecule has 1 unspecified atom stereocenters. The molecular formula is C32H32N6O2. The Hall–Kier alpha value is -4.90. The summed E-state index contributed by atoms with van der Waals surface area (Å²) >= 11 is 0. The molecule has 1 saturated heterocycles. The van der Waals surface area contributed by atoms with Gasteiger partial charge in [-0.15, -0.1) is 0 Å². The van der Waals surface area contributed by atoms with Crippen molar-refractivity contribution in [2.45, 2.75) is 25.8 Å². The van der Waals surface area contributed by atoms with Crippen LogP contribution < -0.4 is 10.2 Å². The quantitative estimate of drug-likeness (QED) is 0.340. The van der Waals surface area contributed by atoms with Crippen LogP contribution in [0.2, 0.25) is 0 Å². The van der Waals surface area contributed by atoms with Crippen LogP contribution in [0.5, 0.6) is 0 Å². The van der Waals surface area contributed by atoms with Crippen molar-refractivity contribution in [1.82, 2.24) is 19.8 Å². The van der Waals surface area contributed by atoms with Crippen LogP contribution in [0.25, 0.3) is 0 Å². The molecule has 0 spiro atoms. The molecule has 0 radical (unpaired) electrons. The average Bonchev–Trinajstić information content (AvgIpc) is 3.45. The van der Waals surface area contributed by atoms with Gasteiger partial charge in [0, 0.05) is 44.5 Å². The van der Waals surface area contributed by atoms with E-state index in [0.29, 0.717) is 38.2 Å². The predicted octanol–water partition coefficient (Wildman–Crippen LogP) is 5.13. The van der Waals surface area contributed by atoms with Gasteiger partial charge in [-0.05, 0) is 54.8 Å². The van der Waals surface area contributed by atoms with Gasteiger partial charge in [0.25, 0.3) is 0 Å². The van der Waals surface area contributed by atoms with Gasteiger partial charge in [0.05, 0.1) is 35.3 Å². The smallest absolute Gasteiger partial charge is 0.329 e. The van der Waals surface area contributed by atoms with E-state index in [0.717, 1.165) is 35.5 Å². The molecule has 2 heterocycles. The molecule has 3 amide bonds. The summed E-state index contributed by atoms with van der Waals surface area (Å²) in [5.41, 5.74) is 4.32. The van der Waals surface area contributed by atoms with Crippen LogP contribution in [0.3, 0.4) is 0 Å². The summed E-state index contributed by atoms with van der Waals surface area (Å²) in [4.78, 5) is 34.7. The molecule has 0 saturated carbocycles. The largest absolute Gasteiger partial charge is 0.355 e. The molecule has 1 fully saturated rings. The fourth-order valence-electron chi connectivity index (χ4n) is 5.07. The molecule has 0 bridgehead atoms. The van der Waals surface area contributed by atoms with E-state index in [4.69, 9.17) is 5.26 Å². The Bertz CT molecular complexity index is 1420. The van der Waals surface area contributed by atoms with Crippen LogP contribution in [0.4, 0.5) is 16.2 Å². The maximum absolute atomic E-state index is 13.8. The van der Waals surface area contributed by atoms with Gasteiger partial charge in [-0.1, -0.05) is 48.5 Å². The third-order valence-corrected chi connectivity index (χ3v) is 7.20. The Morgan fingerprint density at radius 2 is 1.65 bits per heavy atom. The van der Waals surface area contributed by atoms with E-state index in [-0.39, 0.29) is 17.9 Å². The first-order chi connectivity index (χ1) is 19.6. The predicted molar refractivity (Wildman–Crippen MR) is 154 cm³/mol. The van der Waals surface area contributed by atoms with Gasteiger partial charge < -0.3 is 14.8 Å². The number of piperidine rings is 1. The van der Waals surface area contributed by atoms with Crippen molar-refractivity contribution in [3.05, 3.63) is 114 Å². The molecule has 8 heteroatoms. The van der Waals surface area contributed by atoms with Crippen LogP contribution in [0, 0.1) is 17.2 Å². The number of hydrogen-bond acceptors (Lipinski definition) is 4. The highest BCUT2D eigenvalue weighted by atomic mass is 16.2. The molecule has 1 atom stereocenters. The minimum absolute atomic E-state index is 0.0263. The lowest BCUT2D eigenvalue weighted by Crippen LogP contribution is -2.49. The summed E-state index contributed by atoms with van der Waals surface area (Å²) in [6.07, 6.45) is 5.78. The topological polar surface area (TPSA) is 94.3 Å². The number of para-hydroxylation sites is 2. The second-order valence-corrected chi connectivity index (χ2v) is 9.94. The van der Waals surface area contributed by atoms with Crippen molar-refractivity contribution in [2.75, 3.05) is 24.5 Å². The van der Waals surface area contributed by atoms with Crippen molar-refractivity contribution in [3.63, 3.8) is 0 Å². The molecule has 40 heavy (non-hydrogen) atoms. The van der Waals surface area contributed by atoms with E-state index in [9.17, 15) is 9.59 Å². The zero-order chi connectivity index (χ0) is 27.7. The number of urea groups is 1. The summed E-state index contributed by atoms with van der Waals surface area (Å²) in [7, 11) is 0. The van der Waals surface area contributed by atoms with Crippen LogP contribution >= 0.6 is 0 Å². The van der Waals surface area contributed by atoms with Gasteiger partial charge in [0.2, 0.25) is 5.91 Å². The van der Waals surface area contributed by atoms with Gasteiger partial charge in [-0.2, -0.15) is 5.26 Å². The summed E-state index contributed by atoms with van der Waals surface area (Å²) in [6, 6.07) is 28.7. The number of benzene rings is 3. The lowest BCUT2D eigenvalue weighted by atomic mass is 9.97. The molecular weight excluding hydrogens is 500 g/mol. The maximum atomic E-state index is 13.8. The monoisotopic (exact) mass is 532 g/mol. The van der Waals surface area contributed by atoms with Crippen molar-refractivity contribution < 1.29 is 9.59 Å². The van der Waals surface area contributed by atoms with E-state index in [1.165, 1.54) is 0 Å². The summed E-state index contributed by atoms with van der Waals surface area (Å²) in [6.45, 7) is 2.14.